The van der Waals surface area contributed by atoms with E-state index in [-0.39, 0.29) is 24.3 Å². The van der Waals surface area contributed by atoms with Gasteiger partial charge in [0.1, 0.15) is 0 Å². The Kier molecular flexibility index (Phi) is 4.91. The highest BCUT2D eigenvalue weighted by molar-refractivity contribution is 7.89. The van der Waals surface area contributed by atoms with E-state index in [0.29, 0.717) is 13.1 Å². The highest BCUT2D eigenvalue weighted by Crippen LogP contribution is 2.11. The van der Waals surface area contributed by atoms with Gasteiger partial charge in [-0.15, -0.1) is 0 Å². The van der Waals surface area contributed by atoms with Gasteiger partial charge in [0.25, 0.3) is 0 Å². The van der Waals surface area contributed by atoms with Gasteiger partial charge in [0.05, 0.1) is 19.3 Å². The maximum atomic E-state index is 12.0. The van der Waals surface area contributed by atoms with Crippen LogP contribution in [-0.4, -0.2) is 56.7 Å². The van der Waals surface area contributed by atoms with Gasteiger partial charge in [-0.05, 0) is 13.8 Å². The van der Waals surface area contributed by atoms with Crippen molar-refractivity contribution >= 4 is 16.0 Å². The zero-order valence-corrected chi connectivity index (χ0v) is 11.3. The summed E-state index contributed by atoms with van der Waals surface area (Å²) in [6, 6.07) is 0.262. The zero-order valence-electron chi connectivity index (χ0n) is 10.5. The van der Waals surface area contributed by atoms with E-state index in [0.717, 1.165) is 0 Å². The highest BCUT2D eigenvalue weighted by atomic mass is 32.2. The van der Waals surface area contributed by atoms with Crippen LogP contribution in [0.15, 0.2) is 0 Å². The van der Waals surface area contributed by atoms with Crippen LogP contribution in [0.3, 0.4) is 0 Å². The predicted octanol–water partition coefficient (Wildman–Crippen LogP) is -0.438. The fourth-order valence-corrected chi connectivity index (χ4v) is 3.53. The van der Waals surface area contributed by atoms with Crippen molar-refractivity contribution in [1.82, 2.24) is 9.62 Å². The molecule has 0 spiro atoms. The summed E-state index contributed by atoms with van der Waals surface area (Å²) in [4.78, 5) is 11.0. The van der Waals surface area contributed by atoms with Crippen LogP contribution >= 0.6 is 0 Å². The Bertz CT molecular complexity index is 359. The molecular weight excluding hydrogens is 244 g/mol. The van der Waals surface area contributed by atoms with E-state index >= 15 is 0 Å². The van der Waals surface area contributed by atoms with Crippen molar-refractivity contribution in [3.05, 3.63) is 0 Å². The number of methoxy groups -OCH3 is 1. The number of nitrogens with one attached hydrogen (secondary N) is 1. The van der Waals surface area contributed by atoms with Crippen molar-refractivity contribution in [2.45, 2.75) is 32.4 Å². The topological polar surface area (TPSA) is 75.7 Å². The lowest BCUT2D eigenvalue weighted by atomic mass is 10.2. The summed E-state index contributed by atoms with van der Waals surface area (Å²) in [5.41, 5.74) is 0. The molecule has 0 aliphatic carbocycles. The maximum absolute atomic E-state index is 12.0. The maximum Gasteiger partial charge on any atom is 0.306 e. The molecule has 0 aromatic rings. The van der Waals surface area contributed by atoms with E-state index in [9.17, 15) is 13.2 Å². The van der Waals surface area contributed by atoms with Gasteiger partial charge in [-0.1, -0.05) is 0 Å². The van der Waals surface area contributed by atoms with Crippen molar-refractivity contribution in [1.29, 1.82) is 0 Å². The number of hydrogen-bond acceptors (Lipinski definition) is 5. The SMILES string of the molecule is COC(=O)CCS(=O)(=O)N1CC(C)NC(C)C1. The Morgan fingerprint density at radius 1 is 1.35 bits per heavy atom. The monoisotopic (exact) mass is 264 g/mol. The smallest absolute Gasteiger partial charge is 0.306 e. The number of esters is 1. The molecule has 0 aromatic heterocycles. The van der Waals surface area contributed by atoms with Crippen molar-refractivity contribution < 1.29 is 17.9 Å². The highest BCUT2D eigenvalue weighted by Gasteiger charge is 2.30. The van der Waals surface area contributed by atoms with E-state index < -0.39 is 16.0 Å². The Morgan fingerprint density at radius 2 is 1.88 bits per heavy atom. The average Bonchev–Trinajstić information content (AvgIpc) is 2.24. The molecular formula is C10H20N2O4S. The molecule has 1 fully saturated rings. The molecule has 1 saturated heterocycles. The number of nitrogens with zero attached hydrogens (tertiary/aromatic N) is 1. The predicted molar refractivity (Wildman–Crippen MR) is 64.1 cm³/mol. The van der Waals surface area contributed by atoms with Crippen molar-refractivity contribution in [3.8, 4) is 0 Å². The van der Waals surface area contributed by atoms with Crippen LogP contribution in [0.5, 0.6) is 0 Å². The van der Waals surface area contributed by atoms with Crippen molar-refractivity contribution in [2.24, 2.45) is 0 Å². The van der Waals surface area contributed by atoms with E-state index in [1.807, 2.05) is 13.8 Å². The van der Waals surface area contributed by atoms with Crippen LogP contribution in [0.1, 0.15) is 20.3 Å². The van der Waals surface area contributed by atoms with Gasteiger partial charge in [0, 0.05) is 25.2 Å². The number of rotatable bonds is 4. The molecule has 1 rings (SSSR count). The van der Waals surface area contributed by atoms with Gasteiger partial charge in [-0.3, -0.25) is 4.79 Å². The standard InChI is InChI=1S/C10H20N2O4S/c1-8-6-12(7-9(2)11-8)17(14,15)5-4-10(13)16-3/h8-9,11H,4-7H2,1-3H3. The Labute approximate surface area is 102 Å². The first-order valence-corrected chi connectivity index (χ1v) is 7.26. The minimum absolute atomic E-state index is 0.0917. The molecule has 1 aliphatic rings. The number of carbonyl (C=O) groups is 1. The molecule has 0 saturated carbocycles. The summed E-state index contributed by atoms with van der Waals surface area (Å²) >= 11 is 0. The lowest BCUT2D eigenvalue weighted by Gasteiger charge is -2.35. The van der Waals surface area contributed by atoms with Crippen molar-refractivity contribution in [3.63, 3.8) is 0 Å². The van der Waals surface area contributed by atoms with E-state index in [1.165, 1.54) is 11.4 Å². The molecule has 100 valence electrons. The zero-order chi connectivity index (χ0) is 13.1. The summed E-state index contributed by atoms with van der Waals surface area (Å²) < 4.78 is 29.9. The third-order valence-corrected chi connectivity index (χ3v) is 4.51. The number of hydrogen-bond donors (Lipinski definition) is 1. The Balaban J connectivity index is 2.60. The van der Waals surface area contributed by atoms with E-state index in [1.54, 1.807) is 0 Å². The fraction of sp³-hybridized carbons (Fsp3) is 0.900. The third kappa shape index (κ3) is 4.25. The summed E-state index contributed by atoms with van der Waals surface area (Å²) in [5, 5.41) is 3.26. The molecule has 0 bridgehead atoms. The third-order valence-electron chi connectivity index (χ3n) is 2.71. The number of sulfonamides is 1. The second-order valence-corrected chi connectivity index (χ2v) is 6.52. The molecule has 0 aromatic carbocycles. The van der Waals surface area contributed by atoms with Crippen LogP contribution in [0.2, 0.25) is 0 Å². The molecule has 1 N–H and O–H groups in total. The van der Waals surface area contributed by atoms with Gasteiger partial charge in [0.2, 0.25) is 10.0 Å². The van der Waals surface area contributed by atoms with Gasteiger partial charge < -0.3 is 10.1 Å². The van der Waals surface area contributed by atoms with Gasteiger partial charge in [-0.2, -0.15) is 4.31 Å². The van der Waals surface area contributed by atoms with Crippen LogP contribution in [0.4, 0.5) is 0 Å². The molecule has 6 nitrogen and oxygen atoms in total. The van der Waals surface area contributed by atoms with Gasteiger partial charge in [0.15, 0.2) is 0 Å². The molecule has 2 atom stereocenters. The first-order chi connectivity index (χ1) is 7.85. The largest absolute Gasteiger partial charge is 0.469 e. The minimum atomic E-state index is -3.36. The lowest BCUT2D eigenvalue weighted by Crippen LogP contribution is -2.56. The Hall–Kier alpha value is -0.660. The van der Waals surface area contributed by atoms with Crippen molar-refractivity contribution in [2.75, 3.05) is 26.0 Å². The number of piperazine rings is 1. The first kappa shape index (κ1) is 14.4. The molecule has 1 aliphatic heterocycles. The summed E-state index contributed by atoms with van der Waals surface area (Å²) in [6.45, 7) is 4.79. The van der Waals surface area contributed by atoms with Gasteiger partial charge in [-0.25, -0.2) is 8.42 Å². The summed E-state index contributed by atoms with van der Waals surface area (Å²) in [7, 11) is -2.11. The molecule has 7 heteroatoms. The molecule has 0 radical (unpaired) electrons. The summed E-state index contributed by atoms with van der Waals surface area (Å²) in [5.74, 6) is -0.677. The average molecular weight is 264 g/mol. The molecule has 1 heterocycles. The van der Waals surface area contributed by atoms with E-state index in [4.69, 9.17) is 0 Å². The lowest BCUT2D eigenvalue weighted by molar-refractivity contribution is -0.140. The first-order valence-electron chi connectivity index (χ1n) is 5.66. The second kappa shape index (κ2) is 5.79. The minimum Gasteiger partial charge on any atom is -0.469 e. The summed E-state index contributed by atoms with van der Waals surface area (Å²) in [6.07, 6.45) is -0.0917. The second-order valence-electron chi connectivity index (χ2n) is 4.43. The Morgan fingerprint density at radius 3 is 2.35 bits per heavy atom. The van der Waals surface area contributed by atoms with E-state index in [2.05, 4.69) is 10.1 Å². The van der Waals surface area contributed by atoms with Gasteiger partial charge >= 0.3 is 5.97 Å². The van der Waals surface area contributed by atoms with Crippen LogP contribution in [0, 0.1) is 0 Å². The van der Waals surface area contributed by atoms with Crippen LogP contribution in [-0.2, 0) is 19.6 Å². The fourth-order valence-electron chi connectivity index (χ4n) is 1.95. The molecule has 0 amide bonds. The molecule has 2 unspecified atom stereocenters. The number of ether oxygens (including phenoxy) is 1. The molecule has 17 heavy (non-hydrogen) atoms. The normalized spacial score (nSPS) is 26.8. The van der Waals surface area contributed by atoms with Crippen LogP contribution in [0.25, 0.3) is 0 Å². The van der Waals surface area contributed by atoms with Crippen LogP contribution < -0.4 is 5.32 Å². The quantitative estimate of drug-likeness (QED) is 0.697. The number of carbonyl (C=O) groups excluding carboxylic acids is 1.